The molecule has 0 unspecified atom stereocenters. The first kappa shape index (κ1) is 15.3. The van der Waals surface area contributed by atoms with Crippen LogP contribution in [-0.4, -0.2) is 16.9 Å². The highest BCUT2D eigenvalue weighted by molar-refractivity contribution is 7.22. The lowest BCUT2D eigenvalue weighted by Crippen LogP contribution is -2.43. The standard InChI is InChI=1S/C15H11ClN4O2S/c16-10-7-5-9(6-8-10)13(21)19-20-14(22)18-15-17-11-3-1-2-4-12(11)23-15/h1-8H,(H,19,21)(H2,17,18,20,22). The summed E-state index contributed by atoms with van der Waals surface area (Å²) in [5, 5.41) is 3.55. The van der Waals surface area contributed by atoms with Gasteiger partial charge in [-0.2, -0.15) is 0 Å². The predicted octanol–water partition coefficient (Wildman–Crippen LogP) is 3.42. The van der Waals surface area contributed by atoms with Crippen LogP contribution < -0.4 is 16.2 Å². The van der Waals surface area contributed by atoms with Gasteiger partial charge in [0, 0.05) is 10.6 Å². The Hall–Kier alpha value is -2.64. The molecule has 3 amide bonds. The zero-order valence-electron chi connectivity index (χ0n) is 11.7. The lowest BCUT2D eigenvalue weighted by atomic mass is 10.2. The third kappa shape index (κ3) is 3.77. The Kier molecular flexibility index (Phi) is 4.40. The summed E-state index contributed by atoms with van der Waals surface area (Å²) < 4.78 is 0.966. The lowest BCUT2D eigenvalue weighted by molar-refractivity contribution is 0.0938. The van der Waals surface area contributed by atoms with Crippen LogP contribution in [0.2, 0.25) is 5.02 Å². The maximum atomic E-state index is 11.8. The first-order chi connectivity index (χ1) is 11.1. The molecule has 0 spiro atoms. The molecule has 0 atom stereocenters. The highest BCUT2D eigenvalue weighted by Gasteiger charge is 2.09. The summed E-state index contributed by atoms with van der Waals surface area (Å²) in [6.07, 6.45) is 0. The van der Waals surface area contributed by atoms with Gasteiger partial charge in [0.1, 0.15) is 0 Å². The molecule has 8 heteroatoms. The number of carbonyl (C=O) groups is 2. The van der Waals surface area contributed by atoms with Crippen LogP contribution in [-0.2, 0) is 0 Å². The minimum Gasteiger partial charge on any atom is -0.282 e. The maximum absolute atomic E-state index is 11.8. The molecule has 0 fully saturated rings. The molecule has 0 aliphatic rings. The fourth-order valence-corrected chi connectivity index (χ4v) is 2.83. The van der Waals surface area contributed by atoms with Gasteiger partial charge in [0.2, 0.25) is 0 Å². The Morgan fingerprint density at radius 1 is 1.00 bits per heavy atom. The molecule has 3 aromatic rings. The van der Waals surface area contributed by atoms with Gasteiger partial charge < -0.3 is 0 Å². The van der Waals surface area contributed by atoms with Crippen molar-refractivity contribution in [2.45, 2.75) is 0 Å². The Balaban J connectivity index is 1.56. The van der Waals surface area contributed by atoms with E-state index in [1.807, 2.05) is 24.3 Å². The summed E-state index contributed by atoms with van der Waals surface area (Å²) in [6.45, 7) is 0. The normalized spacial score (nSPS) is 10.3. The number of urea groups is 1. The second kappa shape index (κ2) is 6.64. The smallest absolute Gasteiger partial charge is 0.282 e. The van der Waals surface area contributed by atoms with Crippen LogP contribution in [0.4, 0.5) is 9.93 Å². The maximum Gasteiger partial charge on any atom is 0.339 e. The number of nitrogens with zero attached hydrogens (tertiary/aromatic N) is 1. The van der Waals surface area contributed by atoms with Gasteiger partial charge >= 0.3 is 6.03 Å². The largest absolute Gasteiger partial charge is 0.339 e. The highest BCUT2D eigenvalue weighted by atomic mass is 35.5. The molecule has 0 bridgehead atoms. The van der Waals surface area contributed by atoms with E-state index in [4.69, 9.17) is 11.6 Å². The molecule has 3 rings (SSSR count). The molecule has 0 radical (unpaired) electrons. The number of aromatic nitrogens is 1. The Labute approximate surface area is 140 Å². The molecule has 0 aliphatic carbocycles. The highest BCUT2D eigenvalue weighted by Crippen LogP contribution is 2.25. The van der Waals surface area contributed by atoms with Crippen molar-refractivity contribution >= 4 is 50.2 Å². The number of hydrogen-bond donors (Lipinski definition) is 3. The van der Waals surface area contributed by atoms with Gasteiger partial charge in [-0.3, -0.25) is 15.5 Å². The Morgan fingerprint density at radius 2 is 1.74 bits per heavy atom. The van der Waals surface area contributed by atoms with Gasteiger partial charge in [0.05, 0.1) is 10.2 Å². The van der Waals surface area contributed by atoms with E-state index >= 15 is 0 Å². The van der Waals surface area contributed by atoms with Crippen LogP contribution in [0.15, 0.2) is 48.5 Å². The zero-order chi connectivity index (χ0) is 16.2. The van der Waals surface area contributed by atoms with Crippen molar-refractivity contribution in [3.63, 3.8) is 0 Å². The van der Waals surface area contributed by atoms with E-state index in [2.05, 4.69) is 21.2 Å². The number of halogens is 1. The second-order valence-electron chi connectivity index (χ2n) is 4.53. The van der Waals surface area contributed by atoms with Crippen molar-refractivity contribution in [1.82, 2.24) is 15.8 Å². The summed E-state index contributed by atoms with van der Waals surface area (Å²) in [7, 11) is 0. The quantitative estimate of drug-likeness (QED) is 0.622. The molecule has 0 saturated heterocycles. The molecule has 6 nitrogen and oxygen atoms in total. The van der Waals surface area contributed by atoms with E-state index in [0.29, 0.717) is 15.7 Å². The van der Waals surface area contributed by atoms with E-state index in [1.54, 1.807) is 24.3 Å². The van der Waals surface area contributed by atoms with Gasteiger partial charge in [-0.25, -0.2) is 15.2 Å². The number of thiazole rings is 1. The van der Waals surface area contributed by atoms with E-state index < -0.39 is 11.9 Å². The van der Waals surface area contributed by atoms with Crippen LogP contribution >= 0.6 is 22.9 Å². The monoisotopic (exact) mass is 346 g/mol. The average Bonchev–Trinajstić information content (AvgIpc) is 2.95. The number of hydrogen-bond acceptors (Lipinski definition) is 4. The van der Waals surface area contributed by atoms with Crippen LogP contribution in [0.3, 0.4) is 0 Å². The third-order valence-electron chi connectivity index (χ3n) is 2.91. The zero-order valence-corrected chi connectivity index (χ0v) is 13.2. The van der Waals surface area contributed by atoms with E-state index in [9.17, 15) is 9.59 Å². The van der Waals surface area contributed by atoms with E-state index in [1.165, 1.54) is 11.3 Å². The van der Waals surface area contributed by atoms with Crippen LogP contribution in [0.5, 0.6) is 0 Å². The number of fused-ring (bicyclic) bond motifs is 1. The Morgan fingerprint density at radius 3 is 2.48 bits per heavy atom. The number of anilines is 1. The van der Waals surface area contributed by atoms with Crippen molar-refractivity contribution < 1.29 is 9.59 Å². The molecule has 2 aromatic carbocycles. The van der Waals surface area contributed by atoms with Crippen molar-refractivity contribution in [3.05, 3.63) is 59.1 Å². The first-order valence-electron chi connectivity index (χ1n) is 6.60. The minimum atomic E-state index is -0.577. The molecular weight excluding hydrogens is 336 g/mol. The van der Waals surface area contributed by atoms with E-state index in [-0.39, 0.29) is 0 Å². The summed E-state index contributed by atoms with van der Waals surface area (Å²) >= 11 is 7.10. The topological polar surface area (TPSA) is 83.1 Å². The molecule has 23 heavy (non-hydrogen) atoms. The third-order valence-corrected chi connectivity index (χ3v) is 4.11. The number of para-hydroxylation sites is 1. The van der Waals surface area contributed by atoms with E-state index in [0.717, 1.165) is 10.2 Å². The first-order valence-corrected chi connectivity index (χ1v) is 7.80. The van der Waals surface area contributed by atoms with Crippen molar-refractivity contribution in [2.75, 3.05) is 5.32 Å². The number of hydrazine groups is 1. The molecular formula is C15H11ClN4O2S. The molecule has 1 aromatic heterocycles. The van der Waals surface area contributed by atoms with Gasteiger partial charge in [-0.1, -0.05) is 35.1 Å². The number of rotatable bonds is 2. The fraction of sp³-hybridized carbons (Fsp3) is 0. The summed E-state index contributed by atoms with van der Waals surface area (Å²) in [6, 6.07) is 13.3. The summed E-state index contributed by atoms with van der Waals surface area (Å²) in [5.41, 5.74) is 5.77. The van der Waals surface area contributed by atoms with Crippen LogP contribution in [0.25, 0.3) is 10.2 Å². The van der Waals surface area contributed by atoms with Crippen molar-refractivity contribution in [3.8, 4) is 0 Å². The number of nitrogens with one attached hydrogen (secondary N) is 3. The van der Waals surface area contributed by atoms with Gasteiger partial charge in [0.15, 0.2) is 5.13 Å². The molecule has 3 N–H and O–H groups in total. The Bertz CT molecular complexity index is 830. The molecule has 1 heterocycles. The minimum absolute atomic E-state index is 0.384. The lowest BCUT2D eigenvalue weighted by Gasteiger charge is -2.07. The van der Waals surface area contributed by atoms with Gasteiger partial charge in [0.25, 0.3) is 5.91 Å². The predicted molar refractivity (Wildman–Crippen MR) is 90.7 cm³/mol. The SMILES string of the molecule is O=C(NNC(=O)c1ccc(Cl)cc1)Nc1nc2ccccc2s1. The fourth-order valence-electron chi connectivity index (χ4n) is 1.84. The summed E-state index contributed by atoms with van der Waals surface area (Å²) in [4.78, 5) is 27.9. The molecule has 116 valence electrons. The van der Waals surface area contributed by atoms with Gasteiger partial charge in [-0.05, 0) is 36.4 Å². The second-order valence-corrected chi connectivity index (χ2v) is 5.99. The molecule has 0 aliphatic heterocycles. The van der Waals surface area contributed by atoms with Crippen molar-refractivity contribution in [1.29, 1.82) is 0 Å². The molecule has 0 saturated carbocycles. The van der Waals surface area contributed by atoms with Crippen LogP contribution in [0.1, 0.15) is 10.4 Å². The summed E-state index contributed by atoms with van der Waals surface area (Å²) in [5.74, 6) is -0.443. The van der Waals surface area contributed by atoms with Crippen molar-refractivity contribution in [2.24, 2.45) is 0 Å². The van der Waals surface area contributed by atoms with Crippen LogP contribution in [0, 0.1) is 0 Å². The number of amides is 3. The average molecular weight is 347 g/mol. The van der Waals surface area contributed by atoms with Gasteiger partial charge in [-0.15, -0.1) is 0 Å². The number of benzene rings is 2. The number of carbonyl (C=O) groups excluding carboxylic acids is 2.